The van der Waals surface area contributed by atoms with E-state index in [-0.39, 0.29) is 0 Å². The third-order valence-electron chi connectivity index (χ3n) is 3.59. The number of allylic oxidation sites excluding steroid dienone is 1. The molecule has 1 N–H and O–H groups in total. The average molecular weight is 328 g/mol. The number of aryl methyl sites for hydroxylation is 1. The quantitative estimate of drug-likeness (QED) is 0.421. The van der Waals surface area contributed by atoms with Crippen molar-refractivity contribution in [1.29, 1.82) is 0 Å². The van der Waals surface area contributed by atoms with E-state index in [4.69, 9.17) is 12.2 Å². The van der Waals surface area contributed by atoms with E-state index in [2.05, 4.69) is 40.4 Å². The van der Waals surface area contributed by atoms with Crippen molar-refractivity contribution < 1.29 is 0 Å². The maximum absolute atomic E-state index is 5.24. The van der Waals surface area contributed by atoms with Crippen LogP contribution < -0.4 is 0 Å². The lowest BCUT2D eigenvalue weighted by molar-refractivity contribution is 0.722. The van der Waals surface area contributed by atoms with E-state index in [0.717, 1.165) is 18.7 Å². The second-order valence-electron chi connectivity index (χ2n) is 5.44. The summed E-state index contributed by atoms with van der Waals surface area (Å²) < 4.78 is 2.24. The molecule has 0 saturated carbocycles. The van der Waals surface area contributed by atoms with Crippen LogP contribution in [-0.2, 0) is 6.42 Å². The normalized spacial score (nSPS) is 12.2. The van der Waals surface area contributed by atoms with Crippen molar-refractivity contribution in [2.45, 2.75) is 46.0 Å². The predicted octanol–water partition coefficient (Wildman–Crippen LogP) is 5.00. The largest absolute Gasteiger partial charge is 0.250 e. The van der Waals surface area contributed by atoms with Crippen LogP contribution in [0.4, 0.5) is 0 Å². The van der Waals surface area contributed by atoms with Crippen LogP contribution in [0.25, 0.3) is 6.08 Å². The van der Waals surface area contributed by atoms with E-state index >= 15 is 0 Å². The summed E-state index contributed by atoms with van der Waals surface area (Å²) in [5, 5.41) is 11.5. The highest BCUT2D eigenvalue weighted by Crippen LogP contribution is 2.13. The van der Waals surface area contributed by atoms with E-state index in [0.29, 0.717) is 4.77 Å². The van der Waals surface area contributed by atoms with Gasteiger partial charge in [0.05, 0.1) is 6.21 Å². The van der Waals surface area contributed by atoms with E-state index in [1.165, 1.54) is 30.4 Å². The Balaban J connectivity index is 2.23. The number of hydrogen-bond donors (Lipinski definition) is 1. The Labute approximate surface area is 142 Å². The maximum Gasteiger partial charge on any atom is 0.216 e. The van der Waals surface area contributed by atoms with E-state index in [1.807, 2.05) is 31.3 Å². The standard InChI is InChI=1S/C18H24N4S/c1-3-5-7-12-16(13-15-10-8-6-9-11-15)14-19-22-17(4-2)20-21-18(22)23/h6,8-11,13-14H,3-5,7,12H2,1-2H3,(H,21,23)/b16-13+,19-14+. The van der Waals surface area contributed by atoms with Crippen LogP contribution in [0.15, 0.2) is 41.0 Å². The van der Waals surface area contributed by atoms with Crippen molar-refractivity contribution in [3.63, 3.8) is 0 Å². The monoisotopic (exact) mass is 328 g/mol. The molecule has 0 spiro atoms. The Hall–Kier alpha value is -2.01. The molecule has 1 heterocycles. The van der Waals surface area contributed by atoms with Gasteiger partial charge in [-0.1, -0.05) is 63.1 Å². The first kappa shape index (κ1) is 17.3. The molecule has 0 aliphatic heterocycles. The number of aromatic amines is 1. The van der Waals surface area contributed by atoms with E-state index < -0.39 is 0 Å². The van der Waals surface area contributed by atoms with E-state index in [1.54, 1.807) is 4.68 Å². The molecule has 4 nitrogen and oxygen atoms in total. The number of unbranched alkanes of at least 4 members (excludes halogenated alkanes) is 2. The Morgan fingerprint density at radius 3 is 2.74 bits per heavy atom. The lowest BCUT2D eigenvalue weighted by atomic mass is 10.1. The van der Waals surface area contributed by atoms with Crippen molar-refractivity contribution in [3.8, 4) is 0 Å². The van der Waals surface area contributed by atoms with Crippen molar-refractivity contribution in [1.82, 2.24) is 14.9 Å². The molecule has 0 atom stereocenters. The van der Waals surface area contributed by atoms with Gasteiger partial charge < -0.3 is 0 Å². The summed E-state index contributed by atoms with van der Waals surface area (Å²) in [4.78, 5) is 0. The lowest BCUT2D eigenvalue weighted by Gasteiger charge is -2.03. The van der Waals surface area contributed by atoms with Gasteiger partial charge in [-0.05, 0) is 36.2 Å². The molecule has 0 unspecified atom stereocenters. The van der Waals surface area contributed by atoms with Gasteiger partial charge in [-0.25, -0.2) is 0 Å². The summed E-state index contributed by atoms with van der Waals surface area (Å²) in [5.41, 5.74) is 2.40. The summed E-state index contributed by atoms with van der Waals surface area (Å²) in [5.74, 6) is 0.846. The molecule has 0 bridgehead atoms. The predicted molar refractivity (Wildman–Crippen MR) is 99.2 cm³/mol. The highest BCUT2D eigenvalue weighted by molar-refractivity contribution is 7.71. The molecule has 122 valence electrons. The zero-order valence-electron chi connectivity index (χ0n) is 13.8. The SMILES string of the molecule is CCCCCC(/C=N/n1c(CC)n[nH]c1=S)=C\c1ccccc1. The number of nitrogens with zero attached hydrogens (tertiary/aromatic N) is 3. The van der Waals surface area contributed by atoms with Crippen LogP contribution in [-0.4, -0.2) is 21.1 Å². The third-order valence-corrected chi connectivity index (χ3v) is 3.86. The fraction of sp³-hybridized carbons (Fsp3) is 0.389. The summed E-state index contributed by atoms with van der Waals surface area (Å²) in [7, 11) is 0. The topological polar surface area (TPSA) is 46.0 Å². The number of rotatable bonds is 8. The molecule has 23 heavy (non-hydrogen) atoms. The van der Waals surface area contributed by atoms with Gasteiger partial charge in [-0.15, -0.1) is 0 Å². The minimum atomic E-state index is 0.533. The lowest BCUT2D eigenvalue weighted by Crippen LogP contribution is -1.98. The second kappa shape index (κ2) is 9.20. The molecule has 0 radical (unpaired) electrons. The zero-order valence-corrected chi connectivity index (χ0v) is 14.6. The zero-order chi connectivity index (χ0) is 16.5. The minimum absolute atomic E-state index is 0.533. The van der Waals surface area contributed by atoms with Crippen LogP contribution in [0.2, 0.25) is 0 Å². The number of hydrogen-bond acceptors (Lipinski definition) is 3. The minimum Gasteiger partial charge on any atom is -0.250 e. The molecular weight excluding hydrogens is 304 g/mol. The summed E-state index contributed by atoms with van der Waals surface area (Å²) in [6, 6.07) is 10.3. The number of H-pyrrole nitrogens is 1. The van der Waals surface area contributed by atoms with Crippen LogP contribution in [0, 0.1) is 4.77 Å². The van der Waals surface area contributed by atoms with Gasteiger partial charge in [0.25, 0.3) is 0 Å². The molecule has 0 aliphatic carbocycles. The second-order valence-corrected chi connectivity index (χ2v) is 5.83. The first-order chi connectivity index (χ1) is 11.2. The molecule has 1 aromatic heterocycles. The summed E-state index contributed by atoms with van der Waals surface area (Å²) >= 11 is 5.24. The Bertz CT molecular complexity index is 710. The molecule has 0 amide bonds. The molecule has 0 fully saturated rings. The van der Waals surface area contributed by atoms with Crippen LogP contribution in [0.1, 0.15) is 50.9 Å². The molecule has 2 rings (SSSR count). The van der Waals surface area contributed by atoms with Crippen molar-refractivity contribution in [3.05, 3.63) is 52.1 Å². The fourth-order valence-corrected chi connectivity index (χ4v) is 2.52. The van der Waals surface area contributed by atoms with Crippen LogP contribution in [0.3, 0.4) is 0 Å². The van der Waals surface area contributed by atoms with Gasteiger partial charge in [-0.3, -0.25) is 5.10 Å². The molecule has 2 aromatic rings. The molecule has 0 aliphatic rings. The van der Waals surface area contributed by atoms with Crippen molar-refractivity contribution in [2.24, 2.45) is 5.10 Å². The number of benzene rings is 1. The van der Waals surface area contributed by atoms with Gasteiger partial charge in [0, 0.05) is 6.42 Å². The van der Waals surface area contributed by atoms with Crippen LogP contribution >= 0.6 is 12.2 Å². The Morgan fingerprint density at radius 1 is 1.26 bits per heavy atom. The van der Waals surface area contributed by atoms with Gasteiger partial charge in [0.2, 0.25) is 4.77 Å². The van der Waals surface area contributed by atoms with Crippen molar-refractivity contribution >= 4 is 24.5 Å². The molecule has 1 aromatic carbocycles. The third kappa shape index (κ3) is 5.28. The first-order valence-electron chi connectivity index (χ1n) is 8.20. The van der Waals surface area contributed by atoms with Gasteiger partial charge >= 0.3 is 0 Å². The highest BCUT2D eigenvalue weighted by atomic mass is 32.1. The first-order valence-corrected chi connectivity index (χ1v) is 8.61. The van der Waals surface area contributed by atoms with Crippen molar-refractivity contribution in [2.75, 3.05) is 0 Å². The molecule has 0 saturated heterocycles. The van der Waals surface area contributed by atoms with Gasteiger partial charge in [0.1, 0.15) is 0 Å². The van der Waals surface area contributed by atoms with Gasteiger partial charge in [-0.2, -0.15) is 14.9 Å². The number of aromatic nitrogens is 3. The summed E-state index contributed by atoms with van der Waals surface area (Å²) in [6.07, 6.45) is 9.50. The van der Waals surface area contributed by atoms with Gasteiger partial charge in [0.15, 0.2) is 5.82 Å². The summed E-state index contributed by atoms with van der Waals surface area (Å²) in [6.45, 7) is 4.26. The van der Waals surface area contributed by atoms with Crippen LogP contribution in [0.5, 0.6) is 0 Å². The average Bonchev–Trinajstić information content (AvgIpc) is 2.93. The Kier molecular flexibility index (Phi) is 6.94. The highest BCUT2D eigenvalue weighted by Gasteiger charge is 2.02. The number of nitrogens with one attached hydrogen (secondary N) is 1. The molecular formula is C18H24N4S. The maximum atomic E-state index is 5.24. The Morgan fingerprint density at radius 2 is 2.04 bits per heavy atom. The smallest absolute Gasteiger partial charge is 0.216 e. The van der Waals surface area contributed by atoms with E-state index in [9.17, 15) is 0 Å². The fourth-order valence-electron chi connectivity index (χ4n) is 2.32. The molecule has 5 heteroatoms.